The Morgan fingerprint density at radius 1 is 1.67 bits per heavy atom. The molecule has 0 aliphatic carbocycles. The number of hydrogen-bond donors (Lipinski definition) is 2. The average Bonchev–Trinajstić information content (AvgIpc) is 3.09. The van der Waals surface area contributed by atoms with Crippen molar-refractivity contribution in [3.63, 3.8) is 0 Å². The standard InChI is InChI=1S/C14H17N4O5P/c1-7-16-12-8(13(20)17-7)3-4-18(12)11-5-9(19)10(23-11)6-22-14(21)24-15-2/h3-4,9-11,19H,5-6H2,1-2H3,(H,16,17,20)/t9-,10?,11?/m1/s1. The van der Waals surface area contributed by atoms with E-state index in [2.05, 4.69) is 14.7 Å². The van der Waals surface area contributed by atoms with E-state index in [1.165, 1.54) is 7.05 Å². The predicted molar refractivity (Wildman–Crippen MR) is 86.2 cm³/mol. The number of H-pyrrole nitrogens is 1. The first-order valence-electron chi connectivity index (χ1n) is 7.37. The van der Waals surface area contributed by atoms with E-state index >= 15 is 0 Å². The van der Waals surface area contributed by atoms with Crippen LogP contribution in [0, 0.1) is 6.92 Å². The van der Waals surface area contributed by atoms with Crippen LogP contribution in [0.1, 0.15) is 18.5 Å². The molecule has 1 aliphatic heterocycles. The summed E-state index contributed by atoms with van der Waals surface area (Å²) in [5.41, 5.74) is -0.219. The molecular formula is C14H17N4O5P. The van der Waals surface area contributed by atoms with Crippen LogP contribution >= 0.6 is 8.37 Å². The number of aliphatic hydroxyl groups excluding tert-OH is 1. The van der Waals surface area contributed by atoms with E-state index < -0.39 is 24.1 Å². The molecule has 2 aromatic heterocycles. The van der Waals surface area contributed by atoms with E-state index in [1.54, 1.807) is 23.8 Å². The maximum Gasteiger partial charge on any atom is 0.375 e. The number of hydrogen-bond acceptors (Lipinski definition) is 7. The molecule has 3 heterocycles. The molecule has 2 N–H and O–H groups in total. The summed E-state index contributed by atoms with van der Waals surface area (Å²) < 4.78 is 16.2. The van der Waals surface area contributed by atoms with Gasteiger partial charge in [-0.2, -0.15) is 0 Å². The third-order valence-electron chi connectivity index (χ3n) is 3.77. The van der Waals surface area contributed by atoms with Gasteiger partial charge < -0.3 is 24.1 Å². The molecule has 0 amide bonds. The SMILES string of the molecule is CN=PC(=O)OCC1OC(n2ccc3c(=O)[nH]c(C)nc32)C[C@H]1O. The van der Waals surface area contributed by atoms with Gasteiger partial charge in [0.15, 0.2) is 0 Å². The molecule has 128 valence electrons. The first-order chi connectivity index (χ1) is 11.5. The van der Waals surface area contributed by atoms with Gasteiger partial charge in [-0.05, 0) is 13.0 Å². The number of nitrogens with zero attached hydrogens (tertiary/aromatic N) is 3. The molecule has 3 rings (SSSR count). The van der Waals surface area contributed by atoms with Crippen LogP contribution < -0.4 is 5.56 Å². The normalized spacial score (nSPS) is 24.0. The van der Waals surface area contributed by atoms with Gasteiger partial charge in [0.2, 0.25) is 0 Å². The van der Waals surface area contributed by atoms with Gasteiger partial charge in [0.25, 0.3) is 5.56 Å². The number of rotatable bonds is 4. The number of nitrogens with one attached hydrogen (secondary N) is 1. The fourth-order valence-corrected chi connectivity index (χ4v) is 2.98. The summed E-state index contributed by atoms with van der Waals surface area (Å²) in [6.45, 7) is 1.65. The summed E-state index contributed by atoms with van der Waals surface area (Å²) in [6, 6.07) is 1.66. The molecule has 1 aliphatic rings. The third-order valence-corrected chi connectivity index (χ3v) is 4.26. The minimum atomic E-state index is -0.779. The molecule has 3 atom stereocenters. The number of carbonyl (C=O) groups is 1. The van der Waals surface area contributed by atoms with Crippen molar-refractivity contribution < 1.29 is 19.4 Å². The molecule has 0 saturated carbocycles. The zero-order valence-electron chi connectivity index (χ0n) is 13.2. The predicted octanol–water partition coefficient (Wildman–Crippen LogP) is 1.58. The zero-order valence-corrected chi connectivity index (χ0v) is 14.1. The van der Waals surface area contributed by atoms with E-state index in [1.807, 2.05) is 0 Å². The highest BCUT2D eigenvalue weighted by Crippen LogP contribution is 2.31. The molecule has 1 saturated heterocycles. The van der Waals surface area contributed by atoms with E-state index in [-0.39, 0.29) is 20.5 Å². The molecule has 2 unspecified atom stereocenters. The lowest BCUT2D eigenvalue weighted by Gasteiger charge is -2.15. The Hall–Kier alpha value is -2.09. The van der Waals surface area contributed by atoms with Crippen molar-refractivity contribution in [1.82, 2.24) is 14.5 Å². The average molecular weight is 352 g/mol. The zero-order chi connectivity index (χ0) is 17.3. The number of aliphatic hydroxyl groups is 1. The summed E-state index contributed by atoms with van der Waals surface area (Å²) in [6.07, 6.45) is 0.121. The molecule has 0 radical (unpaired) electrons. The Kier molecular flexibility index (Phi) is 4.75. The minimum Gasteiger partial charge on any atom is -0.455 e. The van der Waals surface area contributed by atoms with Crippen LogP contribution in [0.25, 0.3) is 11.0 Å². The molecule has 10 heteroatoms. The fourth-order valence-electron chi connectivity index (χ4n) is 2.68. The molecule has 0 bridgehead atoms. The molecule has 0 aromatic carbocycles. The number of aromatic amines is 1. The Morgan fingerprint density at radius 2 is 2.46 bits per heavy atom. The molecular weight excluding hydrogens is 335 g/mol. The number of aryl methyl sites for hydroxylation is 1. The Balaban J connectivity index is 1.77. The van der Waals surface area contributed by atoms with Crippen molar-refractivity contribution in [2.24, 2.45) is 4.74 Å². The second-order valence-electron chi connectivity index (χ2n) is 5.42. The Morgan fingerprint density at radius 3 is 3.21 bits per heavy atom. The van der Waals surface area contributed by atoms with Gasteiger partial charge in [-0.3, -0.25) is 9.54 Å². The van der Waals surface area contributed by atoms with Crippen LogP contribution in [0.15, 0.2) is 21.8 Å². The van der Waals surface area contributed by atoms with Gasteiger partial charge in [-0.1, -0.05) is 0 Å². The van der Waals surface area contributed by atoms with Gasteiger partial charge in [0.1, 0.15) is 38.8 Å². The highest BCUT2D eigenvalue weighted by atomic mass is 31.1. The maximum absolute atomic E-state index is 11.9. The van der Waals surface area contributed by atoms with E-state index in [0.717, 1.165) is 0 Å². The van der Waals surface area contributed by atoms with Crippen LogP contribution in [0.5, 0.6) is 0 Å². The highest BCUT2D eigenvalue weighted by molar-refractivity contribution is 7.47. The Bertz CT molecular complexity index is 845. The van der Waals surface area contributed by atoms with Crippen molar-refractivity contribution in [1.29, 1.82) is 0 Å². The van der Waals surface area contributed by atoms with E-state index in [9.17, 15) is 14.7 Å². The summed E-state index contributed by atoms with van der Waals surface area (Å²) in [7, 11) is 1.72. The number of aromatic nitrogens is 3. The monoisotopic (exact) mass is 352 g/mol. The molecule has 24 heavy (non-hydrogen) atoms. The second-order valence-corrected chi connectivity index (χ2v) is 6.39. The lowest BCUT2D eigenvalue weighted by molar-refractivity contribution is -0.0434. The van der Waals surface area contributed by atoms with Crippen molar-refractivity contribution in [2.75, 3.05) is 13.7 Å². The first kappa shape index (κ1) is 16.8. The van der Waals surface area contributed by atoms with Crippen LogP contribution in [0.2, 0.25) is 0 Å². The quantitative estimate of drug-likeness (QED) is 0.807. The largest absolute Gasteiger partial charge is 0.455 e. The van der Waals surface area contributed by atoms with Gasteiger partial charge >= 0.3 is 5.71 Å². The molecule has 0 spiro atoms. The summed E-state index contributed by atoms with van der Waals surface area (Å²) in [4.78, 5) is 30.3. The number of fused-ring (bicyclic) bond motifs is 1. The van der Waals surface area contributed by atoms with E-state index in [0.29, 0.717) is 23.3 Å². The van der Waals surface area contributed by atoms with Gasteiger partial charge in [-0.15, -0.1) is 0 Å². The maximum atomic E-state index is 11.9. The van der Waals surface area contributed by atoms with Gasteiger partial charge in [-0.25, -0.2) is 9.78 Å². The fraction of sp³-hybridized carbons (Fsp3) is 0.500. The summed E-state index contributed by atoms with van der Waals surface area (Å²) in [5, 5.41) is 10.6. The van der Waals surface area contributed by atoms with Crippen molar-refractivity contribution >= 4 is 25.1 Å². The lowest BCUT2D eigenvalue weighted by atomic mass is 10.2. The first-order valence-corrected chi connectivity index (χ1v) is 8.22. The smallest absolute Gasteiger partial charge is 0.375 e. The number of carbonyl (C=O) groups excluding carboxylic acids is 1. The van der Waals surface area contributed by atoms with Crippen LogP contribution in [-0.4, -0.2) is 51.2 Å². The summed E-state index contributed by atoms with van der Waals surface area (Å²) >= 11 is 0. The van der Waals surface area contributed by atoms with Crippen molar-refractivity contribution in [2.45, 2.75) is 31.8 Å². The minimum absolute atomic E-state index is 0.0503. The van der Waals surface area contributed by atoms with Crippen LogP contribution in [0.4, 0.5) is 4.79 Å². The molecule has 9 nitrogen and oxygen atoms in total. The van der Waals surface area contributed by atoms with Crippen molar-refractivity contribution in [3.05, 3.63) is 28.4 Å². The topological polar surface area (TPSA) is 119 Å². The van der Waals surface area contributed by atoms with Crippen LogP contribution in [0.3, 0.4) is 0 Å². The Labute approximate surface area is 138 Å². The van der Waals surface area contributed by atoms with E-state index in [4.69, 9.17) is 9.47 Å². The summed E-state index contributed by atoms with van der Waals surface area (Å²) in [5.74, 6) is 0.499. The van der Waals surface area contributed by atoms with Gasteiger partial charge in [0.05, 0.1) is 11.5 Å². The highest BCUT2D eigenvalue weighted by Gasteiger charge is 2.36. The second kappa shape index (κ2) is 6.80. The van der Waals surface area contributed by atoms with Crippen molar-refractivity contribution in [3.8, 4) is 0 Å². The number of ether oxygens (including phenoxy) is 2. The lowest BCUT2D eigenvalue weighted by Crippen LogP contribution is -2.26. The van der Waals surface area contributed by atoms with Gasteiger partial charge in [0, 0.05) is 19.7 Å². The third kappa shape index (κ3) is 3.24. The molecule has 1 fully saturated rings. The molecule has 2 aromatic rings. The van der Waals surface area contributed by atoms with Crippen LogP contribution in [-0.2, 0) is 9.47 Å².